The number of aromatic nitrogens is 2. The summed E-state index contributed by atoms with van der Waals surface area (Å²) in [5, 5.41) is 4.61. The molecule has 3 aromatic rings. The van der Waals surface area contributed by atoms with E-state index in [4.69, 9.17) is 4.74 Å². The lowest BCUT2D eigenvalue weighted by atomic mass is 10.1. The van der Waals surface area contributed by atoms with E-state index in [0.29, 0.717) is 0 Å². The zero-order chi connectivity index (χ0) is 18.6. The van der Waals surface area contributed by atoms with E-state index in [0.717, 1.165) is 29.2 Å². The van der Waals surface area contributed by atoms with E-state index in [1.165, 1.54) is 5.56 Å². The maximum Gasteiger partial charge on any atom is 0.134 e. The molecule has 27 heavy (non-hydrogen) atoms. The smallest absolute Gasteiger partial charge is 0.134 e. The molecular weight excluding hydrogens is 334 g/mol. The Morgan fingerprint density at radius 1 is 1.00 bits per heavy atom. The fourth-order valence-electron chi connectivity index (χ4n) is 3.18. The molecule has 0 bridgehead atoms. The maximum atomic E-state index is 6.15. The Balaban J connectivity index is 1.61. The molecule has 0 aliphatic carbocycles. The van der Waals surface area contributed by atoms with Crippen molar-refractivity contribution >= 4 is 5.57 Å². The van der Waals surface area contributed by atoms with Crippen molar-refractivity contribution in [1.82, 2.24) is 14.7 Å². The van der Waals surface area contributed by atoms with Crippen molar-refractivity contribution in [2.75, 3.05) is 13.6 Å². The summed E-state index contributed by atoms with van der Waals surface area (Å²) in [7, 11) is 2.06. The minimum absolute atomic E-state index is 0.171. The van der Waals surface area contributed by atoms with Crippen molar-refractivity contribution in [3.8, 4) is 5.75 Å². The first-order valence-electron chi connectivity index (χ1n) is 9.15. The van der Waals surface area contributed by atoms with Crippen LogP contribution in [-0.4, -0.2) is 28.3 Å². The average molecular weight is 357 g/mol. The van der Waals surface area contributed by atoms with Gasteiger partial charge in [-0.25, -0.2) is 0 Å². The molecule has 1 aliphatic heterocycles. The lowest BCUT2D eigenvalue weighted by molar-refractivity contribution is 0.422. The van der Waals surface area contributed by atoms with Crippen molar-refractivity contribution in [2.45, 2.75) is 13.0 Å². The molecule has 4 heteroatoms. The lowest BCUT2D eigenvalue weighted by Gasteiger charge is -2.22. The number of allylic oxidation sites excluding steroid dienone is 1. The van der Waals surface area contributed by atoms with Gasteiger partial charge in [-0.3, -0.25) is 4.68 Å². The molecular formula is C23H23N3O. The van der Waals surface area contributed by atoms with E-state index < -0.39 is 0 Å². The van der Waals surface area contributed by atoms with Crippen molar-refractivity contribution < 1.29 is 4.74 Å². The second-order valence-electron chi connectivity index (χ2n) is 6.76. The standard InChI is InChI=1S/C23H23N3O/c1-18(19-9-5-3-6-10-19)26-16-20(15-24-26)22-17-25(2)14-13-23(22)27-21-11-7-4-8-12-21/h3-13,15-18H,14H2,1-2H3. The summed E-state index contributed by atoms with van der Waals surface area (Å²) in [5.41, 5.74) is 3.32. The van der Waals surface area contributed by atoms with Crippen molar-refractivity contribution in [1.29, 1.82) is 0 Å². The van der Waals surface area contributed by atoms with E-state index in [1.807, 2.05) is 47.3 Å². The summed E-state index contributed by atoms with van der Waals surface area (Å²) < 4.78 is 8.15. The van der Waals surface area contributed by atoms with Gasteiger partial charge in [-0.05, 0) is 30.7 Å². The first kappa shape index (κ1) is 17.2. The molecule has 1 unspecified atom stereocenters. The normalized spacial score (nSPS) is 15.1. The van der Waals surface area contributed by atoms with Crippen LogP contribution in [0.5, 0.6) is 5.75 Å². The Morgan fingerprint density at radius 3 is 2.44 bits per heavy atom. The Labute approximate surface area is 160 Å². The minimum Gasteiger partial charge on any atom is -0.457 e. The maximum absolute atomic E-state index is 6.15. The SMILES string of the molecule is CC(c1ccccc1)n1cc(C2=CN(C)CC=C2Oc2ccccc2)cn1. The zero-order valence-corrected chi connectivity index (χ0v) is 15.6. The molecule has 0 radical (unpaired) electrons. The van der Waals surface area contributed by atoms with Crippen LogP contribution >= 0.6 is 0 Å². The van der Waals surface area contributed by atoms with E-state index in [2.05, 4.69) is 66.7 Å². The Hall–Kier alpha value is -3.27. The molecule has 1 atom stereocenters. The van der Waals surface area contributed by atoms with E-state index in [9.17, 15) is 0 Å². The highest BCUT2D eigenvalue weighted by atomic mass is 16.5. The third kappa shape index (κ3) is 3.80. The monoisotopic (exact) mass is 357 g/mol. The predicted octanol–water partition coefficient (Wildman–Crippen LogP) is 4.74. The number of ether oxygens (including phenoxy) is 1. The van der Waals surface area contributed by atoms with Crippen molar-refractivity contribution in [3.63, 3.8) is 0 Å². The van der Waals surface area contributed by atoms with E-state index >= 15 is 0 Å². The molecule has 2 aromatic carbocycles. The van der Waals surface area contributed by atoms with Crippen LogP contribution in [0.25, 0.3) is 5.57 Å². The third-order valence-corrected chi connectivity index (χ3v) is 4.74. The molecule has 0 amide bonds. The third-order valence-electron chi connectivity index (χ3n) is 4.74. The van der Waals surface area contributed by atoms with Gasteiger partial charge in [-0.1, -0.05) is 48.5 Å². The minimum atomic E-state index is 0.171. The Morgan fingerprint density at radius 2 is 1.70 bits per heavy atom. The van der Waals surface area contributed by atoms with E-state index in [1.54, 1.807) is 0 Å². The van der Waals surface area contributed by atoms with Crippen LogP contribution in [0.3, 0.4) is 0 Å². The molecule has 1 aliphatic rings. The average Bonchev–Trinajstić information content (AvgIpc) is 3.20. The molecule has 4 nitrogen and oxygen atoms in total. The van der Waals surface area contributed by atoms with Gasteiger partial charge in [0.15, 0.2) is 0 Å². The molecule has 0 saturated heterocycles. The van der Waals surface area contributed by atoms with Gasteiger partial charge in [0.05, 0.1) is 12.2 Å². The van der Waals surface area contributed by atoms with Gasteiger partial charge in [0, 0.05) is 37.1 Å². The number of hydrogen-bond acceptors (Lipinski definition) is 3. The molecule has 136 valence electrons. The van der Waals surface area contributed by atoms with Crippen LogP contribution in [0, 0.1) is 0 Å². The van der Waals surface area contributed by atoms with E-state index in [-0.39, 0.29) is 6.04 Å². The fraction of sp³-hybridized carbons (Fsp3) is 0.174. The number of nitrogens with zero attached hydrogens (tertiary/aromatic N) is 3. The molecule has 0 spiro atoms. The summed E-state index contributed by atoms with van der Waals surface area (Å²) in [4.78, 5) is 2.14. The van der Waals surface area contributed by atoms with Crippen LogP contribution in [0.2, 0.25) is 0 Å². The predicted molar refractivity (Wildman–Crippen MR) is 108 cm³/mol. The first-order chi connectivity index (χ1) is 13.2. The summed E-state index contributed by atoms with van der Waals surface area (Å²) >= 11 is 0. The molecule has 0 fully saturated rings. The molecule has 2 heterocycles. The second kappa shape index (κ2) is 7.54. The van der Waals surface area contributed by atoms with Gasteiger partial charge in [-0.2, -0.15) is 5.10 Å². The van der Waals surface area contributed by atoms with Gasteiger partial charge < -0.3 is 9.64 Å². The van der Waals surface area contributed by atoms with Crippen LogP contribution in [0.4, 0.5) is 0 Å². The second-order valence-corrected chi connectivity index (χ2v) is 6.76. The largest absolute Gasteiger partial charge is 0.457 e. The highest BCUT2D eigenvalue weighted by Gasteiger charge is 2.18. The summed E-state index contributed by atoms with van der Waals surface area (Å²) in [5.74, 6) is 1.70. The van der Waals surface area contributed by atoms with Crippen molar-refractivity contribution in [2.24, 2.45) is 0 Å². The lowest BCUT2D eigenvalue weighted by Crippen LogP contribution is -2.18. The van der Waals surface area contributed by atoms with Gasteiger partial charge in [0.25, 0.3) is 0 Å². The number of rotatable bonds is 5. The number of hydrogen-bond donors (Lipinski definition) is 0. The van der Waals surface area contributed by atoms with Crippen LogP contribution < -0.4 is 4.74 Å². The van der Waals surface area contributed by atoms with Crippen LogP contribution in [0.15, 0.2) is 91.1 Å². The molecule has 0 saturated carbocycles. The Bertz CT molecular complexity index is 958. The highest BCUT2D eigenvalue weighted by Crippen LogP contribution is 2.29. The summed E-state index contributed by atoms with van der Waals surface area (Å²) in [6.45, 7) is 2.98. The van der Waals surface area contributed by atoms with Gasteiger partial charge >= 0.3 is 0 Å². The first-order valence-corrected chi connectivity index (χ1v) is 9.15. The van der Waals surface area contributed by atoms with Gasteiger partial charge in [0.1, 0.15) is 11.5 Å². The van der Waals surface area contributed by atoms with Crippen molar-refractivity contribution in [3.05, 3.63) is 102 Å². The number of para-hydroxylation sites is 1. The molecule has 4 rings (SSSR count). The topological polar surface area (TPSA) is 30.3 Å². The summed E-state index contributed by atoms with van der Waals surface area (Å²) in [6.07, 6.45) is 8.23. The number of benzene rings is 2. The molecule has 0 N–H and O–H groups in total. The zero-order valence-electron chi connectivity index (χ0n) is 15.6. The highest BCUT2D eigenvalue weighted by molar-refractivity contribution is 5.77. The van der Waals surface area contributed by atoms with Crippen LogP contribution in [-0.2, 0) is 0 Å². The van der Waals surface area contributed by atoms with Gasteiger partial charge in [0.2, 0.25) is 0 Å². The number of likely N-dealkylation sites (N-methyl/N-ethyl adjacent to an activating group) is 1. The quantitative estimate of drug-likeness (QED) is 0.661. The van der Waals surface area contributed by atoms with Crippen LogP contribution in [0.1, 0.15) is 24.1 Å². The van der Waals surface area contributed by atoms with Gasteiger partial charge in [-0.15, -0.1) is 0 Å². The molecule has 1 aromatic heterocycles. The fourth-order valence-corrected chi connectivity index (χ4v) is 3.18. The Kier molecular flexibility index (Phi) is 4.79. The summed E-state index contributed by atoms with van der Waals surface area (Å²) in [6, 6.07) is 20.5.